The molecule has 8 nitrogen and oxygen atoms in total. The van der Waals surface area contributed by atoms with Crippen molar-refractivity contribution in [3.8, 4) is 0 Å². The Kier molecular flexibility index (Phi) is 28.5. The van der Waals surface area contributed by atoms with E-state index >= 15 is 0 Å². The van der Waals surface area contributed by atoms with Crippen molar-refractivity contribution in [3.63, 3.8) is 0 Å². The highest BCUT2D eigenvalue weighted by Gasteiger charge is 2.50. The molecule has 0 aliphatic heterocycles. The lowest BCUT2D eigenvalue weighted by molar-refractivity contribution is -0.147. The van der Waals surface area contributed by atoms with Crippen molar-refractivity contribution < 1.29 is 36.8 Å². The first-order valence-electron chi connectivity index (χ1n) is 24.4. The normalized spacial score (nSPS) is 16.7. The number of hydrogen-bond donors (Lipinski definition) is 1. The quantitative estimate of drug-likeness (QED) is 0.0291. The van der Waals surface area contributed by atoms with Crippen LogP contribution in [-0.2, 0) is 31.7 Å². The van der Waals surface area contributed by atoms with Gasteiger partial charge in [-0.25, -0.2) is 4.79 Å². The van der Waals surface area contributed by atoms with E-state index in [0.717, 1.165) is 90.7 Å². The number of hydrogen-bond acceptors (Lipinski definition) is 8. The molecule has 0 amide bonds. The van der Waals surface area contributed by atoms with Crippen LogP contribution in [0.15, 0.2) is 23.8 Å². The van der Waals surface area contributed by atoms with Crippen LogP contribution in [0.4, 0.5) is 0 Å². The van der Waals surface area contributed by atoms with Crippen LogP contribution in [0.25, 0.3) is 0 Å². The standard InChI is InChI=1S/C46H98O8Si5/c1-20-55(21-2,22-3)50-37-42(52-57(26-7,27-8)28-9)45(54-59(32-13,33-14)34-15)44(53-58(29-10,30-11)31-12)41(51-56(23-4,24-5)25-6)36-49-46(48)40(19)35-39(18)43(47)38(16)17/h35,39,41-45,47H,16,20-34,36-37H2,1-15,17-19H3/b40-35+/t39-,41+,42+,43+,44+,45+/m0/s1. The molecule has 0 aromatic heterocycles. The Morgan fingerprint density at radius 2 is 0.797 bits per heavy atom. The molecule has 0 aliphatic carbocycles. The Morgan fingerprint density at radius 3 is 1.08 bits per heavy atom. The third-order valence-corrected chi connectivity index (χ3v) is 38.3. The molecular formula is C46H98O8Si5. The van der Waals surface area contributed by atoms with E-state index in [2.05, 4.69) is 110 Å². The molecule has 0 aromatic carbocycles. The van der Waals surface area contributed by atoms with Crippen molar-refractivity contribution in [1.82, 2.24) is 0 Å². The third-order valence-electron chi connectivity index (χ3n) is 15.1. The lowest BCUT2D eigenvalue weighted by Crippen LogP contribution is -2.63. The number of carbonyl (C=O) groups excluding carboxylic acids is 1. The van der Waals surface area contributed by atoms with Crippen molar-refractivity contribution in [1.29, 1.82) is 0 Å². The summed E-state index contributed by atoms with van der Waals surface area (Å²) in [5.74, 6) is -0.697. The van der Waals surface area contributed by atoms with E-state index in [4.69, 9.17) is 26.9 Å². The molecule has 0 radical (unpaired) electrons. The minimum absolute atomic E-state index is 0.0459. The maximum atomic E-state index is 14.0. The van der Waals surface area contributed by atoms with Gasteiger partial charge in [-0.15, -0.1) is 0 Å². The average molecular weight is 920 g/mol. The SMILES string of the molecule is C=C(C)[C@@H](O)[C@@H](C)/C=C(\C)C(=O)OC[C@@H](O[Si](CC)(CC)CC)[C@@H](O[Si](CC)(CC)CC)[C@H](O[Si](CC)(CC)CC)[C@@H](CO[Si](CC)(CC)CC)O[Si](CC)(CC)CC. The summed E-state index contributed by atoms with van der Waals surface area (Å²) < 4.78 is 44.8. The molecule has 13 heteroatoms. The lowest BCUT2D eigenvalue weighted by atomic mass is 9.97. The van der Waals surface area contributed by atoms with Gasteiger partial charge in [0.2, 0.25) is 0 Å². The monoisotopic (exact) mass is 919 g/mol. The zero-order valence-electron chi connectivity index (χ0n) is 42.1. The molecule has 0 fully saturated rings. The van der Waals surface area contributed by atoms with Crippen LogP contribution in [0.2, 0.25) is 90.7 Å². The Labute approximate surface area is 371 Å². The van der Waals surface area contributed by atoms with Crippen LogP contribution in [0, 0.1) is 5.92 Å². The Hall–Kier alpha value is -0.206. The molecule has 0 bridgehead atoms. The molecule has 0 unspecified atom stereocenters. The van der Waals surface area contributed by atoms with Crippen molar-refractivity contribution in [2.24, 2.45) is 5.92 Å². The van der Waals surface area contributed by atoms with Gasteiger partial charge >= 0.3 is 5.97 Å². The van der Waals surface area contributed by atoms with Gasteiger partial charge in [0.25, 0.3) is 0 Å². The summed E-state index contributed by atoms with van der Waals surface area (Å²) in [4.78, 5) is 14.0. The Balaban J connectivity index is 8.41. The highest BCUT2D eigenvalue weighted by molar-refractivity contribution is 6.75. The molecule has 0 rings (SSSR count). The van der Waals surface area contributed by atoms with E-state index in [9.17, 15) is 9.90 Å². The molecule has 6 atom stereocenters. The van der Waals surface area contributed by atoms with E-state index < -0.39 is 72.0 Å². The van der Waals surface area contributed by atoms with Crippen LogP contribution in [-0.4, -0.2) is 96.4 Å². The second-order valence-corrected chi connectivity index (χ2v) is 41.3. The first kappa shape index (κ1) is 58.8. The van der Waals surface area contributed by atoms with Gasteiger partial charge in [0.05, 0.1) is 24.9 Å². The fourth-order valence-electron chi connectivity index (χ4n) is 8.91. The number of ether oxygens (including phenoxy) is 1. The zero-order chi connectivity index (χ0) is 45.7. The molecule has 350 valence electrons. The number of aliphatic hydroxyl groups is 1. The molecular weight excluding hydrogens is 821 g/mol. The number of carbonyl (C=O) groups is 1. The minimum Gasteiger partial charge on any atom is -0.460 e. The molecule has 0 saturated heterocycles. The number of esters is 1. The van der Waals surface area contributed by atoms with Gasteiger partial charge in [0, 0.05) is 11.5 Å². The predicted molar refractivity (Wildman–Crippen MR) is 266 cm³/mol. The molecule has 0 aromatic rings. The maximum Gasteiger partial charge on any atom is 0.333 e. The van der Waals surface area contributed by atoms with Gasteiger partial charge in [-0.05, 0) is 105 Å². The van der Waals surface area contributed by atoms with Crippen LogP contribution >= 0.6 is 0 Å². The van der Waals surface area contributed by atoms with Gasteiger partial charge < -0.3 is 32.0 Å². The predicted octanol–water partition coefficient (Wildman–Crippen LogP) is 13.6. The fourth-order valence-corrected chi connectivity index (χ4v) is 23.0. The summed E-state index contributed by atoms with van der Waals surface area (Å²) in [6.07, 6.45) is -0.856. The highest BCUT2D eigenvalue weighted by atomic mass is 28.4. The summed E-state index contributed by atoms with van der Waals surface area (Å²) in [5.41, 5.74) is 1.12. The van der Waals surface area contributed by atoms with Crippen molar-refractivity contribution in [2.45, 2.75) is 246 Å². The summed E-state index contributed by atoms with van der Waals surface area (Å²) in [7, 11) is -11.2. The largest absolute Gasteiger partial charge is 0.460 e. The van der Waals surface area contributed by atoms with Crippen molar-refractivity contribution >= 4 is 47.6 Å². The Morgan fingerprint density at radius 1 is 0.508 bits per heavy atom. The second kappa shape index (κ2) is 28.6. The van der Waals surface area contributed by atoms with Crippen molar-refractivity contribution in [2.75, 3.05) is 13.2 Å². The second-order valence-electron chi connectivity index (χ2n) is 17.6. The molecule has 1 N–H and O–H groups in total. The van der Waals surface area contributed by atoms with E-state index in [0.29, 0.717) is 17.8 Å². The summed E-state index contributed by atoms with van der Waals surface area (Å²) in [6.45, 7) is 44.2. The lowest BCUT2D eigenvalue weighted by Gasteiger charge is -2.49. The highest BCUT2D eigenvalue weighted by Crippen LogP contribution is 2.38. The van der Waals surface area contributed by atoms with Gasteiger partial charge in [-0.3, -0.25) is 0 Å². The van der Waals surface area contributed by atoms with E-state index in [1.807, 2.05) is 6.92 Å². The third kappa shape index (κ3) is 16.7. The van der Waals surface area contributed by atoms with Crippen LogP contribution < -0.4 is 0 Å². The topological polar surface area (TPSA) is 92.7 Å². The van der Waals surface area contributed by atoms with Gasteiger partial charge in [0.15, 0.2) is 41.6 Å². The molecule has 0 spiro atoms. The van der Waals surface area contributed by atoms with Gasteiger partial charge in [0.1, 0.15) is 18.8 Å². The average Bonchev–Trinajstić information content (AvgIpc) is 3.27. The summed E-state index contributed by atoms with van der Waals surface area (Å²) in [6, 6.07) is 14.9. The Bertz CT molecular complexity index is 1160. The first-order valence-corrected chi connectivity index (χ1v) is 37.0. The van der Waals surface area contributed by atoms with E-state index in [-0.39, 0.29) is 18.6 Å². The van der Waals surface area contributed by atoms with Gasteiger partial charge in [-0.2, -0.15) is 0 Å². The van der Waals surface area contributed by atoms with Crippen molar-refractivity contribution in [3.05, 3.63) is 23.8 Å². The van der Waals surface area contributed by atoms with E-state index in [1.165, 1.54) is 0 Å². The number of rotatable bonds is 35. The summed E-state index contributed by atoms with van der Waals surface area (Å²) in [5, 5.41) is 10.7. The smallest absolute Gasteiger partial charge is 0.333 e. The molecule has 59 heavy (non-hydrogen) atoms. The minimum atomic E-state index is -2.34. The van der Waals surface area contributed by atoms with Crippen LogP contribution in [0.1, 0.15) is 125 Å². The van der Waals surface area contributed by atoms with Crippen LogP contribution in [0.5, 0.6) is 0 Å². The fraction of sp³-hybridized carbons (Fsp3) is 0.891. The molecule has 0 aliphatic rings. The van der Waals surface area contributed by atoms with Crippen LogP contribution in [0.3, 0.4) is 0 Å². The summed E-state index contributed by atoms with van der Waals surface area (Å²) >= 11 is 0. The van der Waals surface area contributed by atoms with E-state index in [1.54, 1.807) is 19.9 Å². The first-order chi connectivity index (χ1) is 27.8. The zero-order valence-corrected chi connectivity index (χ0v) is 47.1. The van der Waals surface area contributed by atoms with Gasteiger partial charge in [-0.1, -0.05) is 129 Å². The maximum absolute atomic E-state index is 14.0. The number of aliphatic hydroxyl groups excluding tert-OH is 1. The molecule has 0 saturated carbocycles. The molecule has 0 heterocycles.